The van der Waals surface area contributed by atoms with Crippen LogP contribution in [0.5, 0.6) is 5.75 Å². The molecule has 88 valence electrons. The summed E-state index contributed by atoms with van der Waals surface area (Å²) >= 11 is 5.82. The maximum atomic E-state index is 11.9. The van der Waals surface area contributed by atoms with Gasteiger partial charge in [-0.2, -0.15) is 0 Å². The minimum absolute atomic E-state index is 0.0963. The zero-order valence-corrected chi connectivity index (χ0v) is 10.8. The lowest BCUT2D eigenvalue weighted by molar-refractivity contribution is 0.0988. The van der Waals surface area contributed by atoms with Gasteiger partial charge in [0.25, 0.3) is 0 Å². The Morgan fingerprint density at radius 2 is 1.94 bits per heavy atom. The molecule has 0 spiro atoms. The van der Waals surface area contributed by atoms with Crippen LogP contribution in [0.15, 0.2) is 18.2 Å². The summed E-state index contributed by atoms with van der Waals surface area (Å²) in [6.07, 6.45) is 0. The molecule has 1 rings (SSSR count). The van der Waals surface area contributed by atoms with Crippen molar-refractivity contribution in [3.63, 3.8) is 0 Å². The van der Waals surface area contributed by atoms with Gasteiger partial charge in [-0.05, 0) is 30.5 Å². The number of methoxy groups -OCH3 is 1. The lowest BCUT2D eigenvalue weighted by Gasteiger charge is -2.12. The molecule has 0 aromatic heterocycles. The standard InChI is InChI=1S/C13H17ClO2/c1-8(2)10-5-6-12(16-4)11(7-10)13(15)9(3)14/h5-9H,1-4H3. The first-order valence-corrected chi connectivity index (χ1v) is 5.77. The molecule has 0 aliphatic carbocycles. The third-order valence-corrected chi connectivity index (χ3v) is 2.72. The molecule has 0 N–H and O–H groups in total. The molecule has 0 saturated carbocycles. The maximum absolute atomic E-state index is 11.9. The smallest absolute Gasteiger partial charge is 0.184 e. The normalized spacial score (nSPS) is 12.6. The zero-order chi connectivity index (χ0) is 12.3. The summed E-state index contributed by atoms with van der Waals surface area (Å²) in [5.74, 6) is 0.867. The third kappa shape index (κ3) is 2.76. The van der Waals surface area contributed by atoms with Gasteiger partial charge < -0.3 is 4.74 Å². The molecule has 0 radical (unpaired) electrons. The minimum Gasteiger partial charge on any atom is -0.496 e. The summed E-state index contributed by atoms with van der Waals surface area (Å²) in [6, 6.07) is 5.66. The van der Waals surface area contributed by atoms with E-state index in [0.717, 1.165) is 5.56 Å². The molecular weight excluding hydrogens is 224 g/mol. The molecule has 0 amide bonds. The number of halogens is 1. The molecule has 1 unspecified atom stereocenters. The Labute approximate surface area is 102 Å². The van der Waals surface area contributed by atoms with E-state index in [-0.39, 0.29) is 5.78 Å². The SMILES string of the molecule is COc1ccc(C(C)C)cc1C(=O)C(C)Cl. The van der Waals surface area contributed by atoms with E-state index in [2.05, 4.69) is 13.8 Å². The van der Waals surface area contributed by atoms with Crippen LogP contribution in [0.2, 0.25) is 0 Å². The van der Waals surface area contributed by atoms with Crippen LogP contribution in [0.1, 0.15) is 42.6 Å². The van der Waals surface area contributed by atoms with E-state index >= 15 is 0 Å². The Hall–Kier alpha value is -1.02. The summed E-state index contributed by atoms with van der Waals surface area (Å²) < 4.78 is 5.17. The highest BCUT2D eigenvalue weighted by Crippen LogP contribution is 2.26. The van der Waals surface area contributed by atoms with Gasteiger partial charge in [-0.3, -0.25) is 4.79 Å². The Bertz CT molecular complexity index is 384. The predicted molar refractivity (Wildman–Crippen MR) is 66.7 cm³/mol. The number of carbonyl (C=O) groups excluding carboxylic acids is 1. The molecular formula is C13H17ClO2. The maximum Gasteiger partial charge on any atom is 0.184 e. The van der Waals surface area contributed by atoms with Gasteiger partial charge in [0.2, 0.25) is 0 Å². The molecule has 0 aliphatic rings. The van der Waals surface area contributed by atoms with Crippen LogP contribution >= 0.6 is 11.6 Å². The fourth-order valence-corrected chi connectivity index (χ4v) is 1.61. The Kier molecular flexibility index (Phi) is 4.36. The van der Waals surface area contributed by atoms with E-state index in [0.29, 0.717) is 17.2 Å². The molecule has 2 nitrogen and oxygen atoms in total. The summed E-state index contributed by atoms with van der Waals surface area (Å²) in [4.78, 5) is 11.9. The van der Waals surface area contributed by atoms with Crippen LogP contribution in [0.25, 0.3) is 0 Å². The van der Waals surface area contributed by atoms with Crippen molar-refractivity contribution in [3.05, 3.63) is 29.3 Å². The minimum atomic E-state index is -0.531. The second kappa shape index (κ2) is 5.35. The number of Topliss-reactive ketones (excluding diaryl/α,β-unsaturated/α-hetero) is 1. The van der Waals surface area contributed by atoms with Crippen molar-refractivity contribution in [2.24, 2.45) is 0 Å². The summed E-state index contributed by atoms with van der Waals surface area (Å²) in [5, 5.41) is -0.531. The number of hydrogen-bond donors (Lipinski definition) is 0. The molecule has 3 heteroatoms. The molecule has 1 aromatic carbocycles. The molecule has 0 fully saturated rings. The van der Waals surface area contributed by atoms with Crippen LogP contribution in [0, 0.1) is 0 Å². The number of carbonyl (C=O) groups is 1. The summed E-state index contributed by atoms with van der Waals surface area (Å²) in [7, 11) is 1.56. The predicted octanol–water partition coefficient (Wildman–Crippen LogP) is 3.63. The van der Waals surface area contributed by atoms with Gasteiger partial charge in [0.15, 0.2) is 5.78 Å². The first kappa shape index (κ1) is 13.0. The zero-order valence-electron chi connectivity index (χ0n) is 10.1. The lowest BCUT2D eigenvalue weighted by Crippen LogP contribution is -2.12. The largest absolute Gasteiger partial charge is 0.496 e. The summed E-state index contributed by atoms with van der Waals surface area (Å²) in [6.45, 7) is 5.84. The van der Waals surface area contributed by atoms with Crippen molar-refractivity contribution < 1.29 is 9.53 Å². The average Bonchev–Trinajstić information content (AvgIpc) is 2.26. The Morgan fingerprint density at radius 3 is 2.38 bits per heavy atom. The van der Waals surface area contributed by atoms with Crippen molar-refractivity contribution >= 4 is 17.4 Å². The third-order valence-electron chi connectivity index (χ3n) is 2.52. The highest BCUT2D eigenvalue weighted by Gasteiger charge is 2.18. The molecule has 0 aliphatic heterocycles. The second-order valence-corrected chi connectivity index (χ2v) is 4.75. The van der Waals surface area contributed by atoms with Crippen molar-refractivity contribution in [2.75, 3.05) is 7.11 Å². The number of ether oxygens (including phenoxy) is 1. The van der Waals surface area contributed by atoms with E-state index in [1.165, 1.54) is 0 Å². The molecule has 0 saturated heterocycles. The average molecular weight is 241 g/mol. The van der Waals surface area contributed by atoms with Crippen LogP contribution in [0.4, 0.5) is 0 Å². The van der Waals surface area contributed by atoms with Gasteiger partial charge in [-0.1, -0.05) is 19.9 Å². The van der Waals surface area contributed by atoms with E-state index in [9.17, 15) is 4.79 Å². The Balaban J connectivity index is 3.22. The first-order chi connectivity index (χ1) is 7.47. The number of rotatable bonds is 4. The number of hydrogen-bond acceptors (Lipinski definition) is 2. The van der Waals surface area contributed by atoms with Crippen molar-refractivity contribution in [3.8, 4) is 5.75 Å². The van der Waals surface area contributed by atoms with Gasteiger partial charge in [-0.25, -0.2) is 0 Å². The fraction of sp³-hybridized carbons (Fsp3) is 0.462. The van der Waals surface area contributed by atoms with Crippen LogP contribution in [0.3, 0.4) is 0 Å². The van der Waals surface area contributed by atoms with E-state index in [1.54, 1.807) is 14.0 Å². The highest BCUT2D eigenvalue weighted by molar-refractivity contribution is 6.33. The van der Waals surface area contributed by atoms with Crippen molar-refractivity contribution in [1.82, 2.24) is 0 Å². The van der Waals surface area contributed by atoms with Crippen molar-refractivity contribution in [1.29, 1.82) is 0 Å². The van der Waals surface area contributed by atoms with Gasteiger partial charge in [-0.15, -0.1) is 11.6 Å². The molecule has 0 bridgehead atoms. The molecule has 0 heterocycles. The van der Waals surface area contributed by atoms with Crippen LogP contribution in [-0.2, 0) is 0 Å². The summed E-state index contributed by atoms with van der Waals surface area (Å²) in [5.41, 5.74) is 1.68. The number of ketones is 1. The van der Waals surface area contributed by atoms with Crippen LogP contribution in [-0.4, -0.2) is 18.3 Å². The fourth-order valence-electron chi connectivity index (χ4n) is 1.49. The number of benzene rings is 1. The lowest BCUT2D eigenvalue weighted by atomic mass is 9.97. The molecule has 1 aromatic rings. The van der Waals surface area contributed by atoms with E-state index < -0.39 is 5.38 Å². The van der Waals surface area contributed by atoms with Gasteiger partial charge >= 0.3 is 0 Å². The highest BCUT2D eigenvalue weighted by atomic mass is 35.5. The molecule has 1 atom stereocenters. The van der Waals surface area contributed by atoms with Crippen molar-refractivity contribution in [2.45, 2.75) is 32.1 Å². The monoisotopic (exact) mass is 240 g/mol. The van der Waals surface area contributed by atoms with Gasteiger partial charge in [0, 0.05) is 0 Å². The van der Waals surface area contributed by atoms with E-state index in [4.69, 9.17) is 16.3 Å². The van der Waals surface area contributed by atoms with Gasteiger partial charge in [0.1, 0.15) is 5.75 Å². The Morgan fingerprint density at radius 1 is 1.31 bits per heavy atom. The quantitative estimate of drug-likeness (QED) is 0.594. The van der Waals surface area contributed by atoms with Crippen LogP contribution < -0.4 is 4.74 Å². The second-order valence-electron chi connectivity index (χ2n) is 4.09. The van der Waals surface area contributed by atoms with Gasteiger partial charge in [0.05, 0.1) is 18.1 Å². The molecule has 16 heavy (non-hydrogen) atoms. The topological polar surface area (TPSA) is 26.3 Å². The van der Waals surface area contributed by atoms with E-state index in [1.807, 2.05) is 18.2 Å². The number of alkyl halides is 1. The first-order valence-electron chi connectivity index (χ1n) is 5.33.